The Kier molecular flexibility index (Phi) is 4.98. The van der Waals surface area contributed by atoms with E-state index < -0.39 is 17.0 Å². The molecule has 1 saturated heterocycles. The van der Waals surface area contributed by atoms with Crippen LogP contribution in [0.5, 0.6) is 11.5 Å². The van der Waals surface area contributed by atoms with Gasteiger partial charge in [0.15, 0.2) is 5.43 Å². The number of hydrogen-bond donors (Lipinski definition) is 3. The van der Waals surface area contributed by atoms with Crippen molar-refractivity contribution >= 4 is 22.6 Å². The number of hydrogen-bond acceptors (Lipinski definition) is 6. The lowest BCUT2D eigenvalue weighted by Crippen LogP contribution is -2.32. The van der Waals surface area contributed by atoms with Crippen molar-refractivity contribution in [2.75, 3.05) is 20.2 Å². The van der Waals surface area contributed by atoms with Crippen LogP contribution in [0.25, 0.3) is 22.3 Å². The highest BCUT2D eigenvalue weighted by atomic mass is 35.5. The molecule has 2 heterocycles. The standard InChI is InChI=1S/C21H19ClFNO5/c1-24-6-5-10(13(24)9-25)18-14(26)7-15(27)20-16(28)8-17(29-21(18)20)19-11(22)3-2-4-12(19)23/h2-4,7-8,10,13,25-27H,5-6,9H2,1H3/t10-,13+/m1/s1. The predicted molar refractivity (Wildman–Crippen MR) is 107 cm³/mol. The summed E-state index contributed by atoms with van der Waals surface area (Å²) in [7, 11) is 1.85. The second-order valence-electron chi connectivity index (χ2n) is 7.23. The number of phenols is 2. The fourth-order valence-corrected chi connectivity index (χ4v) is 4.40. The molecule has 2 atom stereocenters. The summed E-state index contributed by atoms with van der Waals surface area (Å²) in [5, 5.41) is 30.6. The lowest BCUT2D eigenvalue weighted by molar-refractivity contribution is 0.172. The van der Waals surface area contributed by atoms with Crippen molar-refractivity contribution < 1.29 is 24.1 Å². The highest BCUT2D eigenvalue weighted by Crippen LogP contribution is 2.44. The quantitative estimate of drug-likeness (QED) is 0.602. The Morgan fingerprint density at radius 2 is 2.03 bits per heavy atom. The first kappa shape index (κ1) is 19.7. The third kappa shape index (κ3) is 3.15. The van der Waals surface area contributed by atoms with Gasteiger partial charge in [0, 0.05) is 29.7 Å². The third-order valence-electron chi connectivity index (χ3n) is 5.59. The number of rotatable bonds is 3. The molecule has 0 unspecified atom stereocenters. The second kappa shape index (κ2) is 7.33. The molecule has 1 fully saturated rings. The van der Waals surface area contributed by atoms with Crippen molar-refractivity contribution in [3.8, 4) is 22.8 Å². The lowest BCUT2D eigenvalue weighted by atomic mass is 9.89. The third-order valence-corrected chi connectivity index (χ3v) is 5.90. The minimum Gasteiger partial charge on any atom is -0.507 e. The van der Waals surface area contributed by atoms with E-state index in [9.17, 15) is 24.5 Å². The molecule has 1 aliphatic rings. The molecule has 3 N–H and O–H groups in total. The number of phenolic OH excluding ortho intramolecular Hbond substituents is 2. The first-order valence-electron chi connectivity index (χ1n) is 9.11. The summed E-state index contributed by atoms with van der Waals surface area (Å²) in [6.07, 6.45) is 0.601. The van der Waals surface area contributed by atoms with E-state index in [0.29, 0.717) is 18.5 Å². The van der Waals surface area contributed by atoms with E-state index in [1.165, 1.54) is 18.2 Å². The Bertz CT molecular complexity index is 1140. The van der Waals surface area contributed by atoms with Crippen LogP contribution >= 0.6 is 11.6 Å². The van der Waals surface area contributed by atoms with Crippen molar-refractivity contribution in [3.63, 3.8) is 0 Å². The van der Waals surface area contributed by atoms with Crippen LogP contribution in [-0.4, -0.2) is 46.5 Å². The van der Waals surface area contributed by atoms with Gasteiger partial charge in [0.2, 0.25) is 0 Å². The van der Waals surface area contributed by atoms with Crippen molar-refractivity contribution in [2.45, 2.75) is 18.4 Å². The minimum atomic E-state index is -0.667. The maximum absolute atomic E-state index is 14.4. The average molecular weight is 420 g/mol. The van der Waals surface area contributed by atoms with Gasteiger partial charge in [0.1, 0.15) is 34.0 Å². The van der Waals surface area contributed by atoms with Crippen LogP contribution in [0.3, 0.4) is 0 Å². The summed E-state index contributed by atoms with van der Waals surface area (Å²) in [4.78, 5) is 14.7. The molecular weight excluding hydrogens is 401 g/mol. The highest BCUT2D eigenvalue weighted by Gasteiger charge is 2.36. The largest absolute Gasteiger partial charge is 0.507 e. The predicted octanol–water partition coefficient (Wildman–Crippen LogP) is 3.44. The summed E-state index contributed by atoms with van der Waals surface area (Å²) >= 11 is 6.12. The molecule has 29 heavy (non-hydrogen) atoms. The number of likely N-dealkylation sites (N-methyl/N-ethyl adjacent to an activating group) is 1. The number of likely N-dealkylation sites (tertiary alicyclic amines) is 1. The molecule has 8 heteroatoms. The van der Waals surface area contributed by atoms with E-state index in [0.717, 1.165) is 12.1 Å². The molecule has 0 radical (unpaired) electrons. The summed E-state index contributed by atoms with van der Waals surface area (Å²) in [5.41, 5.74) is -0.411. The van der Waals surface area contributed by atoms with E-state index >= 15 is 0 Å². The molecule has 0 amide bonds. The monoisotopic (exact) mass is 419 g/mol. The molecule has 0 bridgehead atoms. The van der Waals surface area contributed by atoms with Crippen LogP contribution in [0.15, 0.2) is 39.5 Å². The van der Waals surface area contributed by atoms with Crippen molar-refractivity contribution in [2.24, 2.45) is 0 Å². The van der Waals surface area contributed by atoms with Crippen LogP contribution in [0, 0.1) is 5.82 Å². The molecule has 0 aliphatic carbocycles. The maximum Gasteiger partial charge on any atom is 0.197 e. The molecule has 1 aliphatic heterocycles. The van der Waals surface area contributed by atoms with Gasteiger partial charge >= 0.3 is 0 Å². The Balaban J connectivity index is 2.05. The first-order valence-corrected chi connectivity index (χ1v) is 9.49. The minimum absolute atomic E-state index is 0.0388. The normalized spacial score (nSPS) is 19.9. The van der Waals surface area contributed by atoms with Gasteiger partial charge in [-0.15, -0.1) is 0 Å². The van der Waals surface area contributed by atoms with Gasteiger partial charge < -0.3 is 24.6 Å². The van der Waals surface area contributed by atoms with Gasteiger partial charge in [-0.3, -0.25) is 4.79 Å². The molecule has 1 aromatic heterocycles. The number of benzene rings is 2. The molecule has 2 aromatic carbocycles. The Morgan fingerprint density at radius 3 is 2.72 bits per heavy atom. The van der Waals surface area contributed by atoms with Crippen LogP contribution in [0.2, 0.25) is 5.02 Å². The smallest absolute Gasteiger partial charge is 0.197 e. The Labute approximate surface area is 170 Å². The van der Waals surface area contributed by atoms with Gasteiger partial charge in [0.25, 0.3) is 0 Å². The fraction of sp³-hybridized carbons (Fsp3) is 0.286. The molecular formula is C21H19ClFNO5. The van der Waals surface area contributed by atoms with Gasteiger partial charge in [-0.05, 0) is 32.1 Å². The van der Waals surface area contributed by atoms with E-state index in [2.05, 4.69) is 0 Å². The topological polar surface area (TPSA) is 94.1 Å². The Hall–Kier alpha value is -2.61. The van der Waals surface area contributed by atoms with Gasteiger partial charge in [0.05, 0.1) is 17.2 Å². The van der Waals surface area contributed by atoms with Crippen molar-refractivity contribution in [1.82, 2.24) is 4.90 Å². The van der Waals surface area contributed by atoms with Crippen LogP contribution in [-0.2, 0) is 0 Å². The van der Waals surface area contributed by atoms with Crippen LogP contribution in [0.1, 0.15) is 17.9 Å². The summed E-state index contributed by atoms with van der Waals surface area (Å²) in [6.45, 7) is 0.507. The van der Waals surface area contributed by atoms with E-state index in [1.54, 1.807) is 0 Å². The zero-order valence-electron chi connectivity index (χ0n) is 15.5. The highest BCUT2D eigenvalue weighted by molar-refractivity contribution is 6.33. The SMILES string of the molecule is CN1CC[C@@H](c2c(O)cc(O)c3c(=O)cc(-c4c(F)cccc4Cl)oc23)[C@@H]1CO. The number of fused-ring (bicyclic) bond motifs is 1. The fourth-order valence-electron chi connectivity index (χ4n) is 4.15. The average Bonchev–Trinajstić information content (AvgIpc) is 3.01. The lowest BCUT2D eigenvalue weighted by Gasteiger charge is -2.24. The molecule has 0 saturated carbocycles. The maximum atomic E-state index is 14.4. The molecule has 152 valence electrons. The van der Waals surface area contributed by atoms with Crippen LogP contribution < -0.4 is 5.43 Å². The van der Waals surface area contributed by atoms with E-state index in [4.69, 9.17) is 16.0 Å². The van der Waals surface area contributed by atoms with E-state index in [1.807, 2.05) is 11.9 Å². The van der Waals surface area contributed by atoms with Crippen molar-refractivity contribution in [1.29, 1.82) is 0 Å². The zero-order valence-corrected chi connectivity index (χ0v) is 16.3. The summed E-state index contributed by atoms with van der Waals surface area (Å²) in [5.74, 6) is -1.81. The van der Waals surface area contributed by atoms with Gasteiger partial charge in [-0.1, -0.05) is 17.7 Å². The number of halogens is 2. The summed E-state index contributed by atoms with van der Waals surface area (Å²) < 4.78 is 20.3. The molecule has 0 spiro atoms. The summed E-state index contributed by atoms with van der Waals surface area (Å²) in [6, 6.07) is 5.95. The van der Waals surface area contributed by atoms with Gasteiger partial charge in [-0.2, -0.15) is 0 Å². The molecule has 3 aromatic rings. The van der Waals surface area contributed by atoms with Crippen molar-refractivity contribution in [3.05, 3.63) is 57.0 Å². The van der Waals surface area contributed by atoms with Gasteiger partial charge in [-0.25, -0.2) is 4.39 Å². The first-order chi connectivity index (χ1) is 13.8. The number of nitrogens with zero attached hydrogens (tertiary/aromatic N) is 1. The molecule has 4 rings (SSSR count). The number of aliphatic hydroxyl groups is 1. The zero-order chi connectivity index (χ0) is 20.9. The number of aromatic hydroxyl groups is 2. The number of aliphatic hydroxyl groups excluding tert-OH is 1. The second-order valence-corrected chi connectivity index (χ2v) is 7.64. The Morgan fingerprint density at radius 1 is 1.28 bits per heavy atom. The van der Waals surface area contributed by atoms with Crippen LogP contribution in [0.4, 0.5) is 4.39 Å². The molecule has 6 nitrogen and oxygen atoms in total. The van der Waals surface area contributed by atoms with E-state index in [-0.39, 0.29) is 51.6 Å².